The topological polar surface area (TPSA) is 124 Å². The highest BCUT2D eigenvalue weighted by atomic mass is 32.2. The highest BCUT2D eigenvalue weighted by Gasteiger charge is 2.08. The molecule has 0 aliphatic rings. The minimum absolute atomic E-state index is 0.213. The van der Waals surface area contributed by atoms with Crippen molar-refractivity contribution in [1.29, 1.82) is 0 Å². The van der Waals surface area contributed by atoms with Crippen molar-refractivity contribution in [1.82, 2.24) is 4.90 Å². The molecule has 8 nitrogen and oxygen atoms in total. The predicted molar refractivity (Wildman–Crippen MR) is 84.5 cm³/mol. The SMILES string of the molecule is CN(CCCS(=O)(=O)O)CCOC(=O)CCSCC(O)CO. The molecule has 132 valence electrons. The van der Waals surface area contributed by atoms with Gasteiger partial charge in [0.2, 0.25) is 0 Å². The largest absolute Gasteiger partial charge is 0.464 e. The molecule has 0 fully saturated rings. The van der Waals surface area contributed by atoms with E-state index in [9.17, 15) is 13.2 Å². The number of carbonyl (C=O) groups excluding carboxylic acids is 1. The molecule has 3 N–H and O–H groups in total. The Morgan fingerprint density at radius 3 is 2.64 bits per heavy atom. The summed E-state index contributed by atoms with van der Waals surface area (Å²) >= 11 is 1.37. The number of likely N-dealkylation sites (N-methyl/N-ethyl adjacent to an activating group) is 1. The molecule has 0 aliphatic carbocycles. The van der Waals surface area contributed by atoms with E-state index in [2.05, 4.69) is 0 Å². The molecule has 0 aliphatic heterocycles. The molecule has 10 heteroatoms. The lowest BCUT2D eigenvalue weighted by Crippen LogP contribution is -2.26. The lowest BCUT2D eigenvalue weighted by atomic mass is 10.4. The fraction of sp³-hybridized carbons (Fsp3) is 0.917. The second kappa shape index (κ2) is 12.1. The van der Waals surface area contributed by atoms with Gasteiger partial charge in [0.15, 0.2) is 0 Å². The summed E-state index contributed by atoms with van der Waals surface area (Å²) in [5.74, 6) is 0.270. The zero-order chi connectivity index (χ0) is 17.0. The Bertz CT molecular complexity index is 402. The van der Waals surface area contributed by atoms with Crippen molar-refractivity contribution in [2.75, 3.05) is 50.6 Å². The van der Waals surface area contributed by atoms with Crippen molar-refractivity contribution < 1.29 is 32.7 Å². The molecule has 0 saturated heterocycles. The van der Waals surface area contributed by atoms with Crippen LogP contribution >= 0.6 is 11.8 Å². The molecular formula is C12H25NO7S2. The van der Waals surface area contributed by atoms with E-state index in [0.717, 1.165) is 0 Å². The van der Waals surface area contributed by atoms with E-state index >= 15 is 0 Å². The second-order valence-corrected chi connectivity index (χ2v) is 7.55. The fourth-order valence-electron chi connectivity index (χ4n) is 1.44. The van der Waals surface area contributed by atoms with Gasteiger partial charge in [0.1, 0.15) is 6.61 Å². The Morgan fingerprint density at radius 2 is 2.05 bits per heavy atom. The average molecular weight is 359 g/mol. The Hall–Kier alpha value is -0.390. The van der Waals surface area contributed by atoms with E-state index in [0.29, 0.717) is 31.0 Å². The number of hydrogen-bond donors (Lipinski definition) is 3. The summed E-state index contributed by atoms with van der Waals surface area (Å²) < 4.78 is 34.7. The van der Waals surface area contributed by atoms with Crippen LogP contribution in [0.25, 0.3) is 0 Å². The molecule has 0 aromatic rings. The number of ether oxygens (including phenoxy) is 1. The van der Waals surface area contributed by atoms with Gasteiger partial charge in [-0.1, -0.05) is 0 Å². The first-order valence-corrected chi connectivity index (χ1v) is 9.67. The number of rotatable bonds is 13. The number of carbonyl (C=O) groups is 1. The standard InChI is InChI=1S/C12H25NO7S2/c1-13(4-2-8-22(17,18)19)5-6-20-12(16)3-7-21-10-11(15)9-14/h11,14-15H,2-10H2,1H3,(H,17,18,19). The minimum Gasteiger partial charge on any atom is -0.464 e. The first kappa shape index (κ1) is 21.6. The molecule has 0 saturated carbocycles. The number of nitrogens with zero attached hydrogens (tertiary/aromatic N) is 1. The monoisotopic (exact) mass is 359 g/mol. The Morgan fingerprint density at radius 1 is 1.36 bits per heavy atom. The summed E-state index contributed by atoms with van der Waals surface area (Å²) in [7, 11) is -2.15. The third kappa shape index (κ3) is 14.5. The normalized spacial score (nSPS) is 13.3. The quantitative estimate of drug-likeness (QED) is 0.220. The fourth-order valence-corrected chi connectivity index (χ4v) is 2.79. The summed E-state index contributed by atoms with van der Waals surface area (Å²) in [5.41, 5.74) is 0. The third-order valence-corrected chi connectivity index (χ3v) is 4.57. The maximum atomic E-state index is 11.4. The maximum absolute atomic E-state index is 11.4. The van der Waals surface area contributed by atoms with Gasteiger partial charge < -0.3 is 19.8 Å². The molecule has 0 amide bonds. The van der Waals surface area contributed by atoms with Crippen LogP contribution < -0.4 is 0 Å². The van der Waals surface area contributed by atoms with Gasteiger partial charge in [-0.15, -0.1) is 0 Å². The van der Waals surface area contributed by atoms with Crippen LogP contribution in [0.15, 0.2) is 0 Å². The smallest absolute Gasteiger partial charge is 0.306 e. The van der Waals surface area contributed by atoms with Crippen molar-refractivity contribution in [3.8, 4) is 0 Å². The molecule has 0 bridgehead atoms. The van der Waals surface area contributed by atoms with Crippen LogP contribution in [0.4, 0.5) is 0 Å². The molecule has 22 heavy (non-hydrogen) atoms. The van der Waals surface area contributed by atoms with Gasteiger partial charge in [-0.2, -0.15) is 20.2 Å². The van der Waals surface area contributed by atoms with E-state index in [-0.39, 0.29) is 31.4 Å². The second-order valence-electron chi connectivity index (χ2n) is 4.82. The number of aliphatic hydroxyl groups is 2. The van der Waals surface area contributed by atoms with Crippen LogP contribution in [0.3, 0.4) is 0 Å². The van der Waals surface area contributed by atoms with E-state index in [1.807, 2.05) is 4.90 Å². The summed E-state index contributed by atoms with van der Waals surface area (Å²) in [4.78, 5) is 13.2. The van der Waals surface area contributed by atoms with Gasteiger partial charge in [-0.05, 0) is 20.0 Å². The van der Waals surface area contributed by atoms with Gasteiger partial charge in [0, 0.05) is 18.1 Å². The van der Waals surface area contributed by atoms with Crippen LogP contribution in [0.2, 0.25) is 0 Å². The van der Waals surface area contributed by atoms with Gasteiger partial charge in [0.25, 0.3) is 10.1 Å². The van der Waals surface area contributed by atoms with Crippen molar-refractivity contribution in [2.45, 2.75) is 18.9 Å². The Kier molecular flexibility index (Phi) is 11.9. The lowest BCUT2D eigenvalue weighted by molar-refractivity contribution is -0.143. The van der Waals surface area contributed by atoms with E-state index in [1.165, 1.54) is 11.8 Å². The number of thioether (sulfide) groups is 1. The minimum atomic E-state index is -3.92. The van der Waals surface area contributed by atoms with Crippen LogP contribution in [-0.2, 0) is 19.6 Å². The van der Waals surface area contributed by atoms with Crippen LogP contribution in [0.1, 0.15) is 12.8 Å². The van der Waals surface area contributed by atoms with Crippen molar-refractivity contribution in [3.05, 3.63) is 0 Å². The lowest BCUT2D eigenvalue weighted by Gasteiger charge is -2.15. The zero-order valence-electron chi connectivity index (χ0n) is 12.7. The van der Waals surface area contributed by atoms with Crippen LogP contribution in [0.5, 0.6) is 0 Å². The summed E-state index contributed by atoms with van der Waals surface area (Å²) in [6.45, 7) is 0.881. The first-order valence-electron chi connectivity index (χ1n) is 6.90. The average Bonchev–Trinajstić information content (AvgIpc) is 2.41. The molecule has 1 atom stereocenters. The van der Waals surface area contributed by atoms with Gasteiger partial charge in [-0.25, -0.2) is 0 Å². The summed E-state index contributed by atoms with van der Waals surface area (Å²) in [6, 6.07) is 0. The molecule has 1 unspecified atom stereocenters. The molecule has 0 spiro atoms. The molecule has 0 radical (unpaired) electrons. The first-order chi connectivity index (χ1) is 10.2. The number of hydrogen-bond acceptors (Lipinski definition) is 8. The Labute approximate surface area is 135 Å². The molecule has 0 rings (SSSR count). The summed E-state index contributed by atoms with van der Waals surface area (Å²) in [6.07, 6.45) is -0.222. The molecular weight excluding hydrogens is 334 g/mol. The van der Waals surface area contributed by atoms with Gasteiger partial charge >= 0.3 is 5.97 Å². The maximum Gasteiger partial charge on any atom is 0.306 e. The molecule has 0 aromatic carbocycles. The Balaban J connectivity index is 3.54. The van der Waals surface area contributed by atoms with E-state index in [4.69, 9.17) is 19.5 Å². The van der Waals surface area contributed by atoms with Crippen LogP contribution in [0, 0.1) is 0 Å². The highest BCUT2D eigenvalue weighted by Crippen LogP contribution is 2.05. The highest BCUT2D eigenvalue weighted by molar-refractivity contribution is 7.99. The van der Waals surface area contributed by atoms with Gasteiger partial charge in [-0.3, -0.25) is 9.35 Å². The van der Waals surface area contributed by atoms with E-state index in [1.54, 1.807) is 7.05 Å². The molecule has 0 aromatic heterocycles. The van der Waals surface area contributed by atoms with Gasteiger partial charge in [0.05, 0.1) is 24.9 Å². The van der Waals surface area contributed by atoms with Crippen molar-refractivity contribution >= 4 is 27.8 Å². The van der Waals surface area contributed by atoms with Crippen LogP contribution in [-0.4, -0.2) is 90.8 Å². The predicted octanol–water partition coefficient (Wildman–Crippen LogP) is -0.784. The number of esters is 1. The van der Waals surface area contributed by atoms with Crippen molar-refractivity contribution in [2.24, 2.45) is 0 Å². The zero-order valence-corrected chi connectivity index (χ0v) is 14.3. The number of aliphatic hydroxyl groups excluding tert-OH is 2. The summed E-state index contributed by atoms with van der Waals surface area (Å²) in [5, 5.41) is 17.7. The third-order valence-electron chi connectivity index (χ3n) is 2.65. The van der Waals surface area contributed by atoms with Crippen molar-refractivity contribution in [3.63, 3.8) is 0 Å². The van der Waals surface area contributed by atoms with E-state index < -0.39 is 16.2 Å². The molecule has 0 heterocycles.